The molecule has 1 aromatic heterocycles. The number of aldehydes is 1. The normalized spacial score (nSPS) is 9.88. The molecular weight excluding hydrogens is 218 g/mol. The molecule has 0 saturated heterocycles. The predicted molar refractivity (Wildman–Crippen MR) is 62.0 cm³/mol. The number of aromatic carboxylic acids is 1. The van der Waals surface area contributed by atoms with Gasteiger partial charge < -0.3 is 5.11 Å². The average Bonchev–Trinajstić information content (AvgIpc) is 2.38. The van der Waals surface area contributed by atoms with Crippen molar-refractivity contribution in [1.29, 1.82) is 0 Å². The van der Waals surface area contributed by atoms with Crippen LogP contribution in [-0.4, -0.2) is 22.3 Å². The monoisotopic (exact) mass is 227 g/mol. The molecule has 0 bridgehead atoms. The molecule has 2 rings (SSSR count). The molecule has 0 aliphatic rings. The Morgan fingerprint density at radius 2 is 2.00 bits per heavy atom. The van der Waals surface area contributed by atoms with E-state index >= 15 is 0 Å². The van der Waals surface area contributed by atoms with Crippen LogP contribution in [0.4, 0.5) is 0 Å². The van der Waals surface area contributed by atoms with Crippen LogP contribution in [-0.2, 0) is 0 Å². The highest BCUT2D eigenvalue weighted by Gasteiger charge is 2.15. The van der Waals surface area contributed by atoms with Gasteiger partial charge in [0.05, 0.1) is 11.3 Å². The van der Waals surface area contributed by atoms with Gasteiger partial charge in [-0.3, -0.25) is 9.78 Å². The fraction of sp³-hybridized carbons (Fsp3) is 0. The first-order chi connectivity index (χ1) is 8.24. The van der Waals surface area contributed by atoms with Crippen molar-refractivity contribution in [2.75, 3.05) is 0 Å². The number of carboxylic acids is 1. The molecule has 84 valence electrons. The van der Waals surface area contributed by atoms with Gasteiger partial charge in [0, 0.05) is 17.3 Å². The van der Waals surface area contributed by atoms with Gasteiger partial charge in [0.25, 0.3) is 0 Å². The lowest BCUT2D eigenvalue weighted by Crippen LogP contribution is -2.03. The Balaban J connectivity index is 2.73. The molecule has 0 aliphatic carbocycles. The summed E-state index contributed by atoms with van der Waals surface area (Å²) in [7, 11) is 0. The number of carbonyl (C=O) groups excluding carboxylic acids is 1. The van der Waals surface area contributed by atoms with E-state index in [1.807, 2.05) is 0 Å². The quantitative estimate of drug-likeness (QED) is 0.816. The van der Waals surface area contributed by atoms with Gasteiger partial charge in [0.15, 0.2) is 6.29 Å². The number of carbonyl (C=O) groups is 2. The lowest BCUT2D eigenvalue weighted by atomic mass is 9.98. The van der Waals surface area contributed by atoms with Crippen molar-refractivity contribution in [3.05, 3.63) is 53.7 Å². The molecule has 0 fully saturated rings. The van der Waals surface area contributed by atoms with Crippen LogP contribution < -0.4 is 0 Å². The summed E-state index contributed by atoms with van der Waals surface area (Å²) in [5.74, 6) is -1.07. The minimum absolute atomic E-state index is 0.0771. The Labute approximate surface area is 97.6 Å². The molecule has 0 unspecified atom stereocenters. The molecule has 0 aliphatic heterocycles. The summed E-state index contributed by atoms with van der Waals surface area (Å²) in [6.45, 7) is 0. The zero-order valence-corrected chi connectivity index (χ0v) is 8.83. The number of pyridine rings is 1. The van der Waals surface area contributed by atoms with Crippen molar-refractivity contribution in [1.82, 2.24) is 4.98 Å². The summed E-state index contributed by atoms with van der Waals surface area (Å²) in [4.78, 5) is 26.2. The molecular formula is C13H9NO3. The molecule has 4 heteroatoms. The maximum absolute atomic E-state index is 11.1. The molecule has 1 aromatic carbocycles. The molecule has 0 amide bonds. The van der Waals surface area contributed by atoms with Crippen molar-refractivity contribution >= 4 is 12.3 Å². The topological polar surface area (TPSA) is 67.3 Å². The van der Waals surface area contributed by atoms with Gasteiger partial charge in [-0.1, -0.05) is 18.2 Å². The number of carboxylic acid groups (broad SMARTS) is 1. The van der Waals surface area contributed by atoms with Crippen LogP contribution in [0.3, 0.4) is 0 Å². The van der Waals surface area contributed by atoms with Crippen LogP contribution in [0.5, 0.6) is 0 Å². The van der Waals surface area contributed by atoms with E-state index in [0.717, 1.165) is 0 Å². The van der Waals surface area contributed by atoms with Gasteiger partial charge >= 0.3 is 5.97 Å². The zero-order valence-electron chi connectivity index (χ0n) is 8.83. The minimum atomic E-state index is -1.07. The third kappa shape index (κ3) is 2.06. The summed E-state index contributed by atoms with van der Waals surface area (Å²) >= 11 is 0. The number of benzene rings is 1. The second-order valence-electron chi connectivity index (χ2n) is 3.41. The fourth-order valence-corrected chi connectivity index (χ4v) is 1.64. The van der Waals surface area contributed by atoms with Gasteiger partial charge in [-0.05, 0) is 18.2 Å². The van der Waals surface area contributed by atoms with Gasteiger partial charge in [-0.25, -0.2) is 4.79 Å². The van der Waals surface area contributed by atoms with Crippen molar-refractivity contribution in [2.24, 2.45) is 0 Å². The summed E-state index contributed by atoms with van der Waals surface area (Å²) in [5, 5.41) is 9.10. The molecule has 0 saturated carbocycles. The molecule has 1 N–H and O–H groups in total. The number of nitrogens with zero attached hydrogens (tertiary/aromatic N) is 1. The van der Waals surface area contributed by atoms with Gasteiger partial charge in [0.2, 0.25) is 0 Å². The van der Waals surface area contributed by atoms with E-state index in [4.69, 9.17) is 5.11 Å². The number of aromatic nitrogens is 1. The predicted octanol–water partition coefficient (Wildman–Crippen LogP) is 2.26. The van der Waals surface area contributed by atoms with E-state index in [9.17, 15) is 9.59 Å². The number of hydrogen-bond donors (Lipinski definition) is 1. The maximum Gasteiger partial charge on any atom is 0.336 e. The number of hydrogen-bond acceptors (Lipinski definition) is 3. The molecule has 2 aromatic rings. The first kappa shape index (κ1) is 11.0. The maximum atomic E-state index is 11.1. The highest BCUT2D eigenvalue weighted by Crippen LogP contribution is 2.25. The average molecular weight is 227 g/mol. The van der Waals surface area contributed by atoms with E-state index in [1.165, 1.54) is 6.07 Å². The van der Waals surface area contributed by atoms with Crippen LogP contribution in [0.2, 0.25) is 0 Å². The lowest BCUT2D eigenvalue weighted by Gasteiger charge is -2.07. The Kier molecular flexibility index (Phi) is 2.96. The summed E-state index contributed by atoms with van der Waals surface area (Å²) in [6.07, 6.45) is 2.19. The molecule has 0 spiro atoms. The first-order valence-corrected chi connectivity index (χ1v) is 4.97. The van der Waals surface area contributed by atoms with Crippen molar-refractivity contribution in [3.63, 3.8) is 0 Å². The van der Waals surface area contributed by atoms with E-state index in [-0.39, 0.29) is 5.56 Å². The molecule has 0 atom stereocenters. The van der Waals surface area contributed by atoms with Crippen LogP contribution >= 0.6 is 0 Å². The first-order valence-electron chi connectivity index (χ1n) is 4.97. The fourth-order valence-electron chi connectivity index (χ4n) is 1.64. The summed E-state index contributed by atoms with van der Waals surface area (Å²) in [5.41, 5.74) is 1.24. The standard InChI is InChI=1S/C13H9NO3/c15-8-9-4-3-5-10(13(16)17)12(9)11-6-1-2-7-14-11/h1-8H,(H,16,17). The summed E-state index contributed by atoms with van der Waals surface area (Å²) < 4.78 is 0. The van der Waals surface area contributed by atoms with Crippen molar-refractivity contribution in [2.45, 2.75) is 0 Å². The van der Waals surface area contributed by atoms with E-state index in [1.54, 1.807) is 36.5 Å². The van der Waals surface area contributed by atoms with Gasteiger partial charge in [-0.15, -0.1) is 0 Å². The Morgan fingerprint density at radius 3 is 2.59 bits per heavy atom. The second kappa shape index (κ2) is 4.57. The van der Waals surface area contributed by atoms with E-state index < -0.39 is 5.97 Å². The molecule has 4 nitrogen and oxygen atoms in total. The Morgan fingerprint density at radius 1 is 1.18 bits per heavy atom. The van der Waals surface area contributed by atoms with E-state index in [0.29, 0.717) is 23.1 Å². The molecule has 0 radical (unpaired) electrons. The van der Waals surface area contributed by atoms with E-state index in [2.05, 4.69) is 4.98 Å². The Bertz CT molecular complexity index is 564. The van der Waals surface area contributed by atoms with Crippen molar-refractivity contribution < 1.29 is 14.7 Å². The Hall–Kier alpha value is -2.49. The lowest BCUT2D eigenvalue weighted by molar-refractivity contribution is 0.0697. The molecule has 1 heterocycles. The highest BCUT2D eigenvalue weighted by atomic mass is 16.4. The number of rotatable bonds is 3. The van der Waals surface area contributed by atoms with Crippen LogP contribution in [0.1, 0.15) is 20.7 Å². The van der Waals surface area contributed by atoms with Crippen LogP contribution in [0, 0.1) is 0 Å². The van der Waals surface area contributed by atoms with Crippen LogP contribution in [0.15, 0.2) is 42.6 Å². The highest BCUT2D eigenvalue weighted by molar-refractivity contribution is 6.01. The second-order valence-corrected chi connectivity index (χ2v) is 3.41. The third-order valence-corrected chi connectivity index (χ3v) is 2.38. The van der Waals surface area contributed by atoms with Crippen molar-refractivity contribution in [3.8, 4) is 11.3 Å². The minimum Gasteiger partial charge on any atom is -0.478 e. The van der Waals surface area contributed by atoms with Crippen LogP contribution in [0.25, 0.3) is 11.3 Å². The zero-order chi connectivity index (χ0) is 12.3. The SMILES string of the molecule is O=Cc1cccc(C(=O)O)c1-c1ccccn1. The summed E-state index contributed by atoms with van der Waals surface area (Å²) in [6, 6.07) is 9.72. The van der Waals surface area contributed by atoms with Gasteiger partial charge in [-0.2, -0.15) is 0 Å². The van der Waals surface area contributed by atoms with Gasteiger partial charge in [0.1, 0.15) is 0 Å². The largest absolute Gasteiger partial charge is 0.478 e. The smallest absolute Gasteiger partial charge is 0.336 e. The molecule has 17 heavy (non-hydrogen) atoms. The third-order valence-electron chi connectivity index (χ3n) is 2.38.